The van der Waals surface area contributed by atoms with Crippen LogP contribution >= 0.6 is 0 Å². The molecule has 1 unspecified atom stereocenters. The number of aliphatic hydroxyl groups excluding tert-OH is 1. The van der Waals surface area contributed by atoms with Crippen molar-refractivity contribution in [1.82, 2.24) is 9.88 Å². The van der Waals surface area contributed by atoms with Gasteiger partial charge in [-0.3, -0.25) is 4.90 Å². The molecule has 6 heteroatoms. The van der Waals surface area contributed by atoms with Crippen LogP contribution in [0.4, 0.5) is 8.78 Å². The normalized spacial score (nSPS) is 19.5. The van der Waals surface area contributed by atoms with Gasteiger partial charge in [-0.15, -0.1) is 0 Å². The summed E-state index contributed by atoms with van der Waals surface area (Å²) in [7, 11) is 0. The zero-order chi connectivity index (χ0) is 15.5. The Kier molecular flexibility index (Phi) is 4.49. The molecule has 0 radical (unpaired) electrons. The maximum Gasteiger partial charge on any atom is 0.232 e. The summed E-state index contributed by atoms with van der Waals surface area (Å²) >= 11 is 0. The second kappa shape index (κ2) is 6.54. The molecule has 2 heterocycles. The molecule has 2 aromatic rings. The van der Waals surface area contributed by atoms with E-state index in [0.29, 0.717) is 12.2 Å². The number of nitrogens with zero attached hydrogens (tertiary/aromatic N) is 2. The number of halogens is 2. The van der Waals surface area contributed by atoms with Crippen molar-refractivity contribution in [1.29, 1.82) is 0 Å². The lowest BCUT2D eigenvalue weighted by Crippen LogP contribution is -2.36. The Morgan fingerprint density at radius 1 is 1.32 bits per heavy atom. The van der Waals surface area contributed by atoms with Gasteiger partial charge in [-0.05, 0) is 37.4 Å². The van der Waals surface area contributed by atoms with Gasteiger partial charge in [0.05, 0.1) is 5.69 Å². The molecule has 1 aliphatic rings. The van der Waals surface area contributed by atoms with Crippen LogP contribution in [-0.2, 0) is 6.54 Å². The van der Waals surface area contributed by atoms with Crippen molar-refractivity contribution in [2.24, 2.45) is 5.92 Å². The molecule has 1 atom stereocenters. The molecule has 0 saturated carbocycles. The van der Waals surface area contributed by atoms with E-state index in [1.807, 2.05) is 0 Å². The molecule has 1 aromatic carbocycles. The minimum atomic E-state index is -0.688. The van der Waals surface area contributed by atoms with E-state index in [9.17, 15) is 13.9 Å². The maximum absolute atomic E-state index is 13.7. The number of hydrogen-bond donors (Lipinski definition) is 1. The Bertz CT molecular complexity index is 625. The zero-order valence-corrected chi connectivity index (χ0v) is 12.1. The van der Waals surface area contributed by atoms with Gasteiger partial charge in [-0.25, -0.2) is 13.8 Å². The van der Waals surface area contributed by atoms with Crippen molar-refractivity contribution >= 4 is 0 Å². The van der Waals surface area contributed by atoms with E-state index in [2.05, 4.69) is 9.88 Å². The number of rotatable bonds is 4. The van der Waals surface area contributed by atoms with E-state index in [0.717, 1.165) is 25.9 Å². The van der Waals surface area contributed by atoms with Crippen LogP contribution in [0.2, 0.25) is 0 Å². The van der Waals surface area contributed by atoms with E-state index in [4.69, 9.17) is 4.42 Å². The molecule has 1 fully saturated rings. The van der Waals surface area contributed by atoms with Crippen molar-refractivity contribution in [3.8, 4) is 11.5 Å². The SMILES string of the molecule is OCC1CCCN(Cc2coc(-c3c(F)cccc3F)n2)C1. The number of likely N-dealkylation sites (tertiary alicyclic amines) is 1. The van der Waals surface area contributed by atoms with Gasteiger partial charge >= 0.3 is 0 Å². The highest BCUT2D eigenvalue weighted by molar-refractivity contribution is 5.55. The van der Waals surface area contributed by atoms with Crippen LogP contribution in [0, 0.1) is 17.6 Å². The minimum Gasteiger partial charge on any atom is -0.444 e. The van der Waals surface area contributed by atoms with Crippen molar-refractivity contribution in [3.05, 3.63) is 41.8 Å². The lowest BCUT2D eigenvalue weighted by Gasteiger charge is -2.30. The molecular weight excluding hydrogens is 290 g/mol. The van der Waals surface area contributed by atoms with Crippen LogP contribution in [0.25, 0.3) is 11.5 Å². The molecule has 4 nitrogen and oxygen atoms in total. The molecule has 0 amide bonds. The summed E-state index contributed by atoms with van der Waals surface area (Å²) in [5.41, 5.74) is 0.400. The van der Waals surface area contributed by atoms with Crippen molar-refractivity contribution in [3.63, 3.8) is 0 Å². The fourth-order valence-corrected chi connectivity index (χ4v) is 2.87. The first-order chi connectivity index (χ1) is 10.7. The third-order valence-corrected chi connectivity index (χ3v) is 3.98. The van der Waals surface area contributed by atoms with E-state index in [1.54, 1.807) is 0 Å². The van der Waals surface area contributed by atoms with Gasteiger partial charge in [0.1, 0.15) is 23.5 Å². The highest BCUT2D eigenvalue weighted by Gasteiger charge is 2.21. The molecule has 1 aliphatic heterocycles. The summed E-state index contributed by atoms with van der Waals surface area (Å²) in [6, 6.07) is 3.66. The first-order valence-electron chi connectivity index (χ1n) is 7.39. The molecule has 0 bridgehead atoms. The van der Waals surface area contributed by atoms with Crippen molar-refractivity contribution < 1.29 is 18.3 Å². The molecular formula is C16H18F2N2O2. The van der Waals surface area contributed by atoms with Gasteiger partial charge in [0, 0.05) is 19.7 Å². The smallest absolute Gasteiger partial charge is 0.232 e. The minimum absolute atomic E-state index is 0.0404. The number of oxazole rings is 1. The predicted octanol–water partition coefficient (Wildman–Crippen LogP) is 2.82. The first-order valence-corrected chi connectivity index (χ1v) is 7.39. The van der Waals surface area contributed by atoms with Crippen molar-refractivity contribution in [2.75, 3.05) is 19.7 Å². The maximum atomic E-state index is 13.7. The highest BCUT2D eigenvalue weighted by Crippen LogP contribution is 2.26. The average molecular weight is 308 g/mol. The highest BCUT2D eigenvalue weighted by atomic mass is 19.1. The average Bonchev–Trinajstić information content (AvgIpc) is 2.95. The summed E-state index contributed by atoms with van der Waals surface area (Å²) < 4.78 is 32.7. The largest absolute Gasteiger partial charge is 0.444 e. The fraction of sp³-hybridized carbons (Fsp3) is 0.438. The van der Waals surface area contributed by atoms with Crippen LogP contribution in [0.1, 0.15) is 18.5 Å². The third-order valence-electron chi connectivity index (χ3n) is 3.98. The summed E-state index contributed by atoms with van der Waals surface area (Å²) in [6.07, 6.45) is 3.49. The van der Waals surface area contributed by atoms with E-state index >= 15 is 0 Å². The number of aliphatic hydroxyl groups is 1. The monoisotopic (exact) mass is 308 g/mol. The quantitative estimate of drug-likeness (QED) is 0.943. The Hall–Kier alpha value is -1.79. The molecule has 0 aliphatic carbocycles. The Morgan fingerprint density at radius 3 is 2.82 bits per heavy atom. The molecule has 3 rings (SSSR count). The molecule has 118 valence electrons. The van der Waals surface area contributed by atoms with Gasteiger partial charge in [-0.1, -0.05) is 6.07 Å². The number of benzene rings is 1. The zero-order valence-electron chi connectivity index (χ0n) is 12.1. The summed E-state index contributed by atoms with van der Waals surface area (Å²) in [6.45, 7) is 2.45. The van der Waals surface area contributed by atoms with Gasteiger partial charge in [0.15, 0.2) is 0 Å². The first kappa shape index (κ1) is 15.1. The Balaban J connectivity index is 1.74. The second-order valence-corrected chi connectivity index (χ2v) is 5.67. The number of hydrogen-bond acceptors (Lipinski definition) is 4. The summed E-state index contributed by atoms with van der Waals surface area (Å²) in [4.78, 5) is 6.37. The van der Waals surface area contributed by atoms with E-state index < -0.39 is 11.6 Å². The predicted molar refractivity (Wildman–Crippen MR) is 76.9 cm³/mol. The van der Waals surface area contributed by atoms with Gasteiger partial charge in [-0.2, -0.15) is 0 Å². The summed E-state index contributed by atoms with van der Waals surface area (Å²) in [5, 5.41) is 9.24. The van der Waals surface area contributed by atoms with Crippen LogP contribution in [-0.4, -0.2) is 34.7 Å². The molecule has 1 aromatic heterocycles. The molecule has 0 spiro atoms. The summed E-state index contributed by atoms with van der Waals surface area (Å²) in [5.74, 6) is -1.14. The van der Waals surface area contributed by atoms with Crippen LogP contribution in [0.3, 0.4) is 0 Å². The van der Waals surface area contributed by atoms with E-state index in [-0.39, 0.29) is 24.0 Å². The van der Waals surface area contributed by atoms with E-state index in [1.165, 1.54) is 24.5 Å². The van der Waals surface area contributed by atoms with Gasteiger partial charge < -0.3 is 9.52 Å². The van der Waals surface area contributed by atoms with Crippen molar-refractivity contribution in [2.45, 2.75) is 19.4 Å². The molecule has 22 heavy (non-hydrogen) atoms. The van der Waals surface area contributed by atoms with Gasteiger partial charge in [0.2, 0.25) is 5.89 Å². The lowest BCUT2D eigenvalue weighted by molar-refractivity contribution is 0.115. The fourth-order valence-electron chi connectivity index (χ4n) is 2.87. The van der Waals surface area contributed by atoms with Gasteiger partial charge in [0.25, 0.3) is 0 Å². The lowest BCUT2D eigenvalue weighted by atomic mass is 9.99. The Labute approximate surface area is 127 Å². The molecule has 1 saturated heterocycles. The topological polar surface area (TPSA) is 49.5 Å². The van der Waals surface area contributed by atoms with Crippen LogP contribution in [0.15, 0.2) is 28.9 Å². The Morgan fingerprint density at radius 2 is 2.09 bits per heavy atom. The van der Waals surface area contributed by atoms with Crippen LogP contribution < -0.4 is 0 Å². The number of aromatic nitrogens is 1. The second-order valence-electron chi connectivity index (χ2n) is 5.67. The third kappa shape index (κ3) is 3.18. The number of piperidine rings is 1. The van der Waals surface area contributed by atoms with Crippen LogP contribution in [0.5, 0.6) is 0 Å². The molecule has 1 N–H and O–H groups in total. The standard InChI is InChI=1S/C16H18F2N2O2/c17-13-4-1-5-14(18)15(13)16-19-12(10-22-16)8-20-6-2-3-11(7-20)9-21/h1,4-5,10-11,21H,2-3,6-9H2.